The molecule has 5 nitrogen and oxygen atoms in total. The fourth-order valence-corrected chi connectivity index (χ4v) is 3.36. The summed E-state index contributed by atoms with van der Waals surface area (Å²) in [7, 11) is 1.90. The Hall–Kier alpha value is -1.69. The van der Waals surface area contributed by atoms with Crippen LogP contribution in [0.2, 0.25) is 0 Å². The summed E-state index contributed by atoms with van der Waals surface area (Å²) in [5.74, 6) is 0.103. The van der Waals surface area contributed by atoms with Crippen LogP contribution in [0.5, 0.6) is 0 Å². The minimum atomic E-state index is 0.103. The van der Waals surface area contributed by atoms with Gasteiger partial charge in [-0.3, -0.25) is 9.48 Å². The molecule has 2 aromatic rings. The van der Waals surface area contributed by atoms with Crippen molar-refractivity contribution in [1.82, 2.24) is 19.7 Å². The molecule has 1 atom stereocenters. The third-order valence-corrected chi connectivity index (χ3v) is 4.48. The average molecular weight is 276 g/mol. The zero-order chi connectivity index (χ0) is 13.4. The van der Waals surface area contributed by atoms with Crippen molar-refractivity contribution >= 4 is 17.2 Å². The number of aromatic nitrogens is 3. The van der Waals surface area contributed by atoms with Crippen molar-refractivity contribution in [3.8, 4) is 0 Å². The highest BCUT2D eigenvalue weighted by Gasteiger charge is 2.32. The van der Waals surface area contributed by atoms with Crippen molar-refractivity contribution in [1.29, 1.82) is 0 Å². The summed E-state index contributed by atoms with van der Waals surface area (Å²) in [5, 5.41) is 4.20. The molecule has 3 rings (SSSR count). The van der Waals surface area contributed by atoms with E-state index in [1.807, 2.05) is 31.3 Å². The second-order valence-electron chi connectivity index (χ2n) is 4.87. The number of hydrogen-bond acceptors (Lipinski definition) is 4. The average Bonchev–Trinajstić information content (AvgIpc) is 3.07. The Kier molecular flexibility index (Phi) is 3.10. The van der Waals surface area contributed by atoms with E-state index in [2.05, 4.69) is 10.1 Å². The Morgan fingerprint density at radius 1 is 1.53 bits per heavy atom. The number of amides is 1. The lowest BCUT2D eigenvalue weighted by atomic mass is 10.1. The van der Waals surface area contributed by atoms with Gasteiger partial charge in [0, 0.05) is 25.4 Å². The maximum atomic E-state index is 12.6. The van der Waals surface area contributed by atoms with Gasteiger partial charge in [0.1, 0.15) is 4.88 Å². The van der Waals surface area contributed by atoms with Gasteiger partial charge in [-0.05, 0) is 19.8 Å². The molecule has 1 aliphatic rings. The Labute approximate surface area is 115 Å². The van der Waals surface area contributed by atoms with E-state index in [-0.39, 0.29) is 11.9 Å². The lowest BCUT2D eigenvalue weighted by molar-refractivity contribution is 0.0739. The largest absolute Gasteiger partial charge is 0.331 e. The van der Waals surface area contributed by atoms with Crippen molar-refractivity contribution in [3.05, 3.63) is 34.0 Å². The number of thiazole rings is 1. The molecule has 100 valence electrons. The zero-order valence-corrected chi connectivity index (χ0v) is 11.9. The van der Waals surface area contributed by atoms with E-state index in [1.54, 1.807) is 10.2 Å². The Morgan fingerprint density at radius 3 is 3.00 bits per heavy atom. The van der Waals surface area contributed by atoms with Gasteiger partial charge in [0.25, 0.3) is 5.91 Å². The number of likely N-dealkylation sites (tertiary alicyclic amines) is 1. The first-order valence-electron chi connectivity index (χ1n) is 6.36. The van der Waals surface area contributed by atoms with Crippen LogP contribution in [-0.4, -0.2) is 32.1 Å². The second kappa shape index (κ2) is 4.77. The molecule has 6 heteroatoms. The fraction of sp³-hybridized carbons (Fsp3) is 0.462. The summed E-state index contributed by atoms with van der Waals surface area (Å²) in [4.78, 5) is 19.5. The SMILES string of the molecule is Cc1ncsc1C(=O)N1CCC[C@H]1c1cnn(C)c1. The molecule has 1 aliphatic heterocycles. The molecule has 3 heterocycles. The first-order valence-corrected chi connectivity index (χ1v) is 7.24. The Bertz CT molecular complexity index is 603. The molecule has 1 amide bonds. The normalized spacial score (nSPS) is 19.1. The summed E-state index contributed by atoms with van der Waals surface area (Å²) in [5.41, 5.74) is 3.68. The summed E-state index contributed by atoms with van der Waals surface area (Å²) in [6, 6.07) is 0.155. The number of nitrogens with zero attached hydrogens (tertiary/aromatic N) is 4. The Morgan fingerprint density at radius 2 is 2.37 bits per heavy atom. The van der Waals surface area contributed by atoms with Gasteiger partial charge in [0.15, 0.2) is 0 Å². The smallest absolute Gasteiger partial charge is 0.266 e. The summed E-state index contributed by atoms with van der Waals surface area (Å²) >= 11 is 1.42. The first kappa shape index (κ1) is 12.3. The molecule has 0 unspecified atom stereocenters. The molecular weight excluding hydrogens is 260 g/mol. The van der Waals surface area contributed by atoms with Crippen molar-refractivity contribution < 1.29 is 4.79 Å². The molecule has 0 bridgehead atoms. The van der Waals surface area contributed by atoms with E-state index in [9.17, 15) is 4.79 Å². The molecule has 2 aromatic heterocycles. The highest BCUT2D eigenvalue weighted by atomic mass is 32.1. The van der Waals surface area contributed by atoms with Gasteiger partial charge in [-0.15, -0.1) is 11.3 Å². The van der Waals surface area contributed by atoms with Crippen LogP contribution < -0.4 is 0 Å². The molecule has 19 heavy (non-hydrogen) atoms. The maximum absolute atomic E-state index is 12.6. The van der Waals surface area contributed by atoms with Crippen LogP contribution in [0.25, 0.3) is 0 Å². The number of hydrogen-bond donors (Lipinski definition) is 0. The van der Waals surface area contributed by atoms with Gasteiger partial charge in [-0.1, -0.05) is 0 Å². The number of carbonyl (C=O) groups excluding carboxylic acids is 1. The fourth-order valence-electron chi connectivity index (χ4n) is 2.61. The lowest BCUT2D eigenvalue weighted by Gasteiger charge is -2.23. The topological polar surface area (TPSA) is 51.0 Å². The number of carbonyl (C=O) groups is 1. The van der Waals surface area contributed by atoms with E-state index in [1.165, 1.54) is 11.3 Å². The second-order valence-corrected chi connectivity index (χ2v) is 5.73. The number of rotatable bonds is 2. The molecule has 0 N–H and O–H groups in total. The minimum Gasteiger partial charge on any atom is -0.331 e. The van der Waals surface area contributed by atoms with Gasteiger partial charge in [0.2, 0.25) is 0 Å². The lowest BCUT2D eigenvalue weighted by Crippen LogP contribution is -2.30. The molecule has 0 aliphatic carbocycles. The van der Waals surface area contributed by atoms with E-state index >= 15 is 0 Å². The van der Waals surface area contributed by atoms with Gasteiger partial charge < -0.3 is 4.90 Å². The predicted octanol–water partition coefficient (Wildman–Crippen LogP) is 2.16. The highest BCUT2D eigenvalue weighted by Crippen LogP contribution is 2.33. The van der Waals surface area contributed by atoms with E-state index < -0.39 is 0 Å². The van der Waals surface area contributed by atoms with Crippen LogP contribution in [0, 0.1) is 6.92 Å². The minimum absolute atomic E-state index is 0.103. The molecule has 0 spiro atoms. The van der Waals surface area contributed by atoms with Crippen molar-refractivity contribution in [3.63, 3.8) is 0 Å². The zero-order valence-electron chi connectivity index (χ0n) is 11.0. The van der Waals surface area contributed by atoms with Crippen LogP contribution in [0.1, 0.15) is 39.8 Å². The molecule has 1 fully saturated rings. The molecule has 0 radical (unpaired) electrons. The Balaban J connectivity index is 1.88. The molecule has 0 saturated carbocycles. The quantitative estimate of drug-likeness (QED) is 0.844. The van der Waals surface area contributed by atoms with Crippen LogP contribution >= 0.6 is 11.3 Å². The predicted molar refractivity (Wildman–Crippen MR) is 73.1 cm³/mol. The van der Waals surface area contributed by atoms with Crippen LogP contribution in [0.15, 0.2) is 17.9 Å². The maximum Gasteiger partial charge on any atom is 0.266 e. The molecular formula is C13H16N4OS. The van der Waals surface area contributed by atoms with Gasteiger partial charge >= 0.3 is 0 Å². The van der Waals surface area contributed by atoms with Gasteiger partial charge in [-0.2, -0.15) is 5.10 Å². The summed E-state index contributed by atoms with van der Waals surface area (Å²) in [6.45, 7) is 2.70. The third-order valence-electron chi connectivity index (χ3n) is 3.56. The van der Waals surface area contributed by atoms with Crippen LogP contribution in [-0.2, 0) is 7.05 Å². The van der Waals surface area contributed by atoms with E-state index in [0.29, 0.717) is 0 Å². The van der Waals surface area contributed by atoms with E-state index in [4.69, 9.17) is 0 Å². The molecule has 1 saturated heterocycles. The number of aryl methyl sites for hydroxylation is 2. The first-order chi connectivity index (χ1) is 9.16. The van der Waals surface area contributed by atoms with Crippen molar-refractivity contribution in [2.75, 3.05) is 6.54 Å². The highest BCUT2D eigenvalue weighted by molar-refractivity contribution is 7.11. The summed E-state index contributed by atoms with van der Waals surface area (Å²) in [6.07, 6.45) is 5.91. The standard InChI is InChI=1S/C13H16N4OS/c1-9-12(19-8-14-9)13(18)17-5-3-4-11(17)10-6-15-16(2)7-10/h6-8,11H,3-5H2,1-2H3/t11-/m0/s1. The van der Waals surface area contributed by atoms with Gasteiger partial charge in [-0.25, -0.2) is 4.98 Å². The summed E-state index contributed by atoms with van der Waals surface area (Å²) < 4.78 is 1.79. The van der Waals surface area contributed by atoms with Crippen LogP contribution in [0.3, 0.4) is 0 Å². The van der Waals surface area contributed by atoms with Crippen molar-refractivity contribution in [2.45, 2.75) is 25.8 Å². The monoisotopic (exact) mass is 276 g/mol. The molecule has 0 aromatic carbocycles. The third kappa shape index (κ3) is 2.16. The van der Waals surface area contributed by atoms with Crippen molar-refractivity contribution in [2.24, 2.45) is 7.05 Å². The van der Waals surface area contributed by atoms with Gasteiger partial charge in [0.05, 0.1) is 23.4 Å². The van der Waals surface area contributed by atoms with Crippen LogP contribution in [0.4, 0.5) is 0 Å². The van der Waals surface area contributed by atoms with E-state index in [0.717, 1.165) is 35.5 Å².